The molecule has 25 heavy (non-hydrogen) atoms. The van der Waals surface area contributed by atoms with E-state index < -0.39 is 0 Å². The summed E-state index contributed by atoms with van der Waals surface area (Å²) in [5.41, 5.74) is 9.14. The van der Waals surface area contributed by atoms with E-state index in [2.05, 4.69) is 33.5 Å². The highest BCUT2D eigenvalue weighted by Crippen LogP contribution is 2.18. The molecule has 6 heteroatoms. The number of Topliss-reactive ketones (excluding diaryl/α,β-unsaturated/α-hetero) is 1. The molecule has 0 bridgehead atoms. The van der Waals surface area contributed by atoms with Crippen molar-refractivity contribution in [3.63, 3.8) is 0 Å². The average molecular weight is 468 g/mol. The van der Waals surface area contributed by atoms with E-state index >= 15 is 0 Å². The number of rotatable bonds is 6. The fourth-order valence-electron chi connectivity index (χ4n) is 2.90. The van der Waals surface area contributed by atoms with E-state index in [9.17, 15) is 4.79 Å². The van der Waals surface area contributed by atoms with Gasteiger partial charge in [-0.1, -0.05) is 53.5 Å². The highest BCUT2D eigenvalue weighted by molar-refractivity contribution is 9.10. The van der Waals surface area contributed by atoms with Crippen molar-refractivity contribution in [2.75, 3.05) is 5.73 Å². The van der Waals surface area contributed by atoms with Crippen molar-refractivity contribution in [3.8, 4) is 0 Å². The Morgan fingerprint density at radius 1 is 1.16 bits per heavy atom. The van der Waals surface area contributed by atoms with Crippen molar-refractivity contribution in [3.05, 3.63) is 58.6 Å². The van der Waals surface area contributed by atoms with E-state index in [1.54, 1.807) is 0 Å². The molecule has 3 aromatic rings. The van der Waals surface area contributed by atoms with Gasteiger partial charge in [-0.05, 0) is 30.7 Å². The largest absolute Gasteiger partial charge is 0.356 e. The fraction of sp³-hybridized carbons (Fsp3) is 0.263. The first-order chi connectivity index (χ1) is 11.6. The first-order valence-electron chi connectivity index (χ1n) is 8.17. The van der Waals surface area contributed by atoms with Gasteiger partial charge in [0.05, 0.1) is 6.54 Å². The average Bonchev–Trinajstić information content (AvgIpc) is 2.85. The second-order valence-electron chi connectivity index (χ2n) is 5.87. The summed E-state index contributed by atoms with van der Waals surface area (Å²) in [6.45, 7) is 3.27. The number of carbonyl (C=O) groups excluding carboxylic acids is 1. The number of fused-ring (bicyclic) bond motifs is 1. The monoisotopic (exact) mass is 466 g/mol. The smallest absolute Gasteiger partial charge is 0.291 e. The zero-order chi connectivity index (χ0) is 17.1. The summed E-state index contributed by atoms with van der Waals surface area (Å²) in [5.74, 6) is 0.688. The number of nitrogen functional groups attached to an aromatic ring is 1. The van der Waals surface area contributed by atoms with E-state index in [0.29, 0.717) is 11.5 Å². The Hall–Kier alpha value is -1.66. The molecule has 0 amide bonds. The third-order valence-corrected chi connectivity index (χ3v) is 4.75. The van der Waals surface area contributed by atoms with E-state index in [4.69, 9.17) is 5.73 Å². The molecule has 0 saturated carbocycles. The third-order valence-electron chi connectivity index (χ3n) is 4.22. The number of hydrogen-bond acceptors (Lipinski definition) is 2. The topological polar surface area (TPSA) is 51.9 Å². The minimum Gasteiger partial charge on any atom is -0.291 e. The van der Waals surface area contributed by atoms with Gasteiger partial charge < -0.3 is 0 Å². The summed E-state index contributed by atoms with van der Waals surface area (Å²) in [4.78, 5) is 12.6. The van der Waals surface area contributed by atoms with E-state index in [0.717, 1.165) is 34.9 Å². The van der Waals surface area contributed by atoms with Crippen LogP contribution in [0.1, 0.15) is 30.1 Å². The lowest BCUT2D eigenvalue weighted by Crippen LogP contribution is -2.40. The number of nitrogens with two attached hydrogens (primary N) is 1. The molecule has 0 saturated heterocycles. The number of anilines is 1. The Bertz CT molecular complexity index is 872. The van der Waals surface area contributed by atoms with Crippen LogP contribution in [-0.4, -0.2) is 10.4 Å². The van der Waals surface area contributed by atoms with Crippen LogP contribution >= 0.6 is 32.9 Å². The van der Waals surface area contributed by atoms with Crippen LogP contribution in [0.3, 0.4) is 0 Å². The number of ketones is 1. The molecular weight excluding hydrogens is 446 g/mol. The van der Waals surface area contributed by atoms with Crippen molar-refractivity contribution in [1.82, 2.24) is 4.57 Å². The highest BCUT2D eigenvalue weighted by atomic mass is 79.9. The molecule has 3 rings (SSSR count). The van der Waals surface area contributed by atoms with E-state index in [1.807, 2.05) is 47.0 Å². The molecule has 0 radical (unpaired) electrons. The van der Waals surface area contributed by atoms with E-state index in [1.165, 1.54) is 0 Å². The lowest BCUT2D eigenvalue weighted by Gasteiger charge is -2.03. The van der Waals surface area contributed by atoms with Crippen molar-refractivity contribution in [1.29, 1.82) is 0 Å². The summed E-state index contributed by atoms with van der Waals surface area (Å²) in [6.07, 6.45) is 2.16. The van der Waals surface area contributed by atoms with Gasteiger partial charge in [-0.15, -0.1) is 17.0 Å². The summed E-state index contributed by atoms with van der Waals surface area (Å²) in [7, 11) is 0. The summed E-state index contributed by atoms with van der Waals surface area (Å²) >= 11 is 3.39. The number of aryl methyl sites for hydroxylation is 1. The summed E-state index contributed by atoms with van der Waals surface area (Å²) in [5, 5.41) is 0. The Morgan fingerprint density at radius 2 is 1.84 bits per heavy atom. The normalized spacial score (nSPS) is 10.6. The first kappa shape index (κ1) is 19.7. The van der Waals surface area contributed by atoms with Gasteiger partial charge in [0.1, 0.15) is 17.6 Å². The maximum absolute atomic E-state index is 12.6. The molecule has 0 spiro atoms. The van der Waals surface area contributed by atoms with Gasteiger partial charge in [0.25, 0.3) is 0 Å². The predicted molar refractivity (Wildman–Crippen MR) is 110 cm³/mol. The number of aromatic nitrogens is 2. The Labute approximate surface area is 166 Å². The number of imidazole rings is 1. The number of benzene rings is 2. The molecule has 1 aromatic heterocycles. The standard InChI is InChI=1S/C19H20BrN3O.BrH/c1-2-3-12-22-16-6-4-5-7-17(16)23(19(22)21)13-18(24)14-8-10-15(20)11-9-14;/h4-11,21H,2-3,12-13H2,1H3;1H/p+1. The van der Waals surface area contributed by atoms with Gasteiger partial charge in [-0.25, -0.2) is 9.13 Å². The highest BCUT2D eigenvalue weighted by Gasteiger charge is 2.22. The predicted octanol–water partition coefficient (Wildman–Crippen LogP) is 4.53. The van der Waals surface area contributed by atoms with E-state index in [-0.39, 0.29) is 29.3 Å². The molecule has 0 atom stereocenters. The zero-order valence-corrected chi connectivity index (χ0v) is 17.4. The molecular formula is C19H22Br2N3O+. The molecule has 0 unspecified atom stereocenters. The summed E-state index contributed by atoms with van der Waals surface area (Å²) < 4.78 is 4.98. The first-order valence-corrected chi connectivity index (χ1v) is 8.96. The van der Waals surface area contributed by atoms with Gasteiger partial charge in [-0.2, -0.15) is 0 Å². The number of carbonyl (C=O) groups is 1. The lowest BCUT2D eigenvalue weighted by atomic mass is 10.1. The number of nitrogens with zero attached hydrogens (tertiary/aromatic N) is 2. The third kappa shape index (κ3) is 4.12. The molecule has 0 aliphatic carbocycles. The van der Waals surface area contributed by atoms with Crippen LogP contribution in [0.5, 0.6) is 0 Å². The van der Waals surface area contributed by atoms with Crippen molar-refractivity contribution < 1.29 is 9.36 Å². The maximum atomic E-state index is 12.6. The molecule has 2 aromatic carbocycles. The quantitative estimate of drug-likeness (QED) is 0.427. The van der Waals surface area contributed by atoms with Crippen LogP contribution in [0.4, 0.5) is 5.95 Å². The fourth-order valence-corrected chi connectivity index (χ4v) is 3.17. The van der Waals surface area contributed by atoms with Crippen LogP contribution in [0.2, 0.25) is 0 Å². The molecule has 4 nitrogen and oxygen atoms in total. The van der Waals surface area contributed by atoms with Crippen molar-refractivity contribution in [2.45, 2.75) is 32.9 Å². The molecule has 0 fully saturated rings. The summed E-state index contributed by atoms with van der Waals surface area (Å²) in [6, 6.07) is 15.5. The van der Waals surface area contributed by atoms with Gasteiger partial charge in [0.15, 0.2) is 5.78 Å². The number of unbranched alkanes of at least 4 members (excludes halogenated alkanes) is 1. The molecule has 132 valence electrons. The second-order valence-corrected chi connectivity index (χ2v) is 6.78. The van der Waals surface area contributed by atoms with Gasteiger partial charge in [-0.3, -0.25) is 10.5 Å². The van der Waals surface area contributed by atoms with Crippen molar-refractivity contribution >= 4 is 55.7 Å². The SMILES string of the molecule is Br.CCCCn1c(N)[n+](CC(=O)c2ccc(Br)cc2)c2ccccc21. The second kappa shape index (κ2) is 8.63. The van der Waals surface area contributed by atoms with Crippen LogP contribution in [0, 0.1) is 0 Å². The van der Waals surface area contributed by atoms with Crippen LogP contribution < -0.4 is 10.3 Å². The minimum absolute atomic E-state index is 0. The number of para-hydroxylation sites is 2. The Balaban J connectivity index is 0.00000225. The number of hydrogen-bond donors (Lipinski definition) is 1. The zero-order valence-electron chi connectivity index (χ0n) is 14.1. The van der Waals surface area contributed by atoms with Crippen LogP contribution in [-0.2, 0) is 13.1 Å². The molecule has 0 aliphatic heterocycles. The number of halogens is 2. The molecule has 2 N–H and O–H groups in total. The van der Waals surface area contributed by atoms with Gasteiger partial charge in [0.2, 0.25) is 0 Å². The maximum Gasteiger partial charge on any atom is 0.356 e. The van der Waals surface area contributed by atoms with Crippen LogP contribution in [0.25, 0.3) is 11.0 Å². The Kier molecular flexibility index (Phi) is 6.79. The van der Waals surface area contributed by atoms with Crippen LogP contribution in [0.15, 0.2) is 53.0 Å². The van der Waals surface area contributed by atoms with Gasteiger partial charge in [0, 0.05) is 10.0 Å². The molecule has 1 heterocycles. The molecule has 0 aliphatic rings. The van der Waals surface area contributed by atoms with Crippen molar-refractivity contribution in [2.24, 2.45) is 0 Å². The lowest BCUT2D eigenvalue weighted by molar-refractivity contribution is -0.642. The Morgan fingerprint density at radius 3 is 2.52 bits per heavy atom. The van der Waals surface area contributed by atoms with Gasteiger partial charge >= 0.3 is 5.95 Å². The minimum atomic E-state index is 0.